The van der Waals surface area contributed by atoms with E-state index in [2.05, 4.69) is 10.6 Å². The molecule has 0 radical (unpaired) electrons. The molecule has 0 saturated heterocycles. The van der Waals surface area contributed by atoms with Crippen LogP contribution in [-0.4, -0.2) is 23.3 Å². The third kappa shape index (κ3) is 3.47. The van der Waals surface area contributed by atoms with Crippen LogP contribution in [0, 0.1) is 12.8 Å². The summed E-state index contributed by atoms with van der Waals surface area (Å²) in [6, 6.07) is 7.31. The van der Waals surface area contributed by atoms with Crippen molar-refractivity contribution in [1.82, 2.24) is 5.32 Å². The lowest BCUT2D eigenvalue weighted by molar-refractivity contribution is 0.0398. The van der Waals surface area contributed by atoms with Gasteiger partial charge in [-0.2, -0.15) is 0 Å². The number of aliphatic hydroxyl groups is 1. The molecule has 1 aliphatic rings. The topological polar surface area (TPSA) is 61.4 Å². The third-order valence-corrected chi connectivity index (χ3v) is 3.37. The number of hydrogen-bond donors (Lipinski definition) is 3. The molecule has 1 atom stereocenters. The van der Waals surface area contributed by atoms with Crippen molar-refractivity contribution in [3.05, 3.63) is 29.8 Å². The van der Waals surface area contributed by atoms with Crippen LogP contribution in [0.5, 0.6) is 0 Å². The first-order chi connectivity index (χ1) is 8.47. The van der Waals surface area contributed by atoms with E-state index in [9.17, 15) is 9.90 Å². The Morgan fingerprint density at radius 2 is 2.00 bits per heavy atom. The highest BCUT2D eigenvalue weighted by atomic mass is 16.3. The summed E-state index contributed by atoms with van der Waals surface area (Å²) in [4.78, 5) is 11.7. The number of nitrogens with one attached hydrogen (secondary N) is 2. The van der Waals surface area contributed by atoms with Crippen molar-refractivity contribution in [3.8, 4) is 0 Å². The van der Waals surface area contributed by atoms with Crippen LogP contribution in [0.4, 0.5) is 10.5 Å². The van der Waals surface area contributed by atoms with Crippen LogP contribution in [0.3, 0.4) is 0 Å². The smallest absolute Gasteiger partial charge is 0.319 e. The lowest BCUT2D eigenvalue weighted by atomic mass is 10.0. The molecule has 1 aromatic carbocycles. The van der Waals surface area contributed by atoms with E-state index in [0.29, 0.717) is 5.92 Å². The number of benzene rings is 1. The van der Waals surface area contributed by atoms with Crippen LogP contribution in [0.2, 0.25) is 0 Å². The maximum Gasteiger partial charge on any atom is 0.319 e. The van der Waals surface area contributed by atoms with E-state index in [1.165, 1.54) is 0 Å². The molecule has 1 aromatic rings. The molecule has 4 nitrogen and oxygen atoms in total. The fraction of sp³-hybridized carbons (Fsp3) is 0.500. The van der Waals surface area contributed by atoms with Crippen LogP contribution in [0.25, 0.3) is 0 Å². The van der Waals surface area contributed by atoms with Crippen LogP contribution < -0.4 is 10.6 Å². The Labute approximate surface area is 107 Å². The Morgan fingerprint density at radius 1 is 1.39 bits per heavy atom. The predicted octanol–water partition coefficient (Wildman–Crippen LogP) is 2.28. The Bertz CT molecular complexity index is 422. The van der Waals surface area contributed by atoms with Gasteiger partial charge in [0.2, 0.25) is 0 Å². The molecule has 1 fully saturated rings. The second-order valence-electron chi connectivity index (χ2n) is 5.31. The minimum atomic E-state index is -0.787. The van der Waals surface area contributed by atoms with E-state index >= 15 is 0 Å². The summed E-state index contributed by atoms with van der Waals surface area (Å²) in [5.74, 6) is 0.331. The van der Waals surface area contributed by atoms with Crippen molar-refractivity contribution in [2.75, 3.05) is 11.9 Å². The molecule has 0 heterocycles. The second kappa shape index (κ2) is 4.98. The number of rotatable bonds is 4. The second-order valence-corrected chi connectivity index (χ2v) is 5.31. The van der Waals surface area contributed by atoms with Gasteiger partial charge in [-0.3, -0.25) is 0 Å². The summed E-state index contributed by atoms with van der Waals surface area (Å²) >= 11 is 0. The van der Waals surface area contributed by atoms with Crippen molar-refractivity contribution in [2.45, 2.75) is 32.3 Å². The third-order valence-electron chi connectivity index (χ3n) is 3.37. The summed E-state index contributed by atoms with van der Waals surface area (Å²) in [5.41, 5.74) is 1.12. The van der Waals surface area contributed by atoms with Gasteiger partial charge in [0.05, 0.1) is 5.60 Å². The molecule has 0 bridgehead atoms. The van der Waals surface area contributed by atoms with Crippen LogP contribution >= 0.6 is 0 Å². The average Bonchev–Trinajstić information content (AvgIpc) is 3.14. The summed E-state index contributed by atoms with van der Waals surface area (Å²) in [6.07, 6.45) is 2.10. The Morgan fingerprint density at radius 3 is 2.56 bits per heavy atom. The Balaban J connectivity index is 1.80. The highest BCUT2D eigenvalue weighted by molar-refractivity contribution is 5.89. The normalized spacial score (nSPS) is 17.9. The molecule has 3 N–H and O–H groups in total. The lowest BCUT2D eigenvalue weighted by Crippen LogP contribution is -2.43. The van der Waals surface area contributed by atoms with Gasteiger partial charge in [0.1, 0.15) is 0 Å². The van der Waals surface area contributed by atoms with Gasteiger partial charge in [-0.1, -0.05) is 17.7 Å². The molecule has 18 heavy (non-hydrogen) atoms. The number of amides is 2. The van der Waals surface area contributed by atoms with Crippen LogP contribution in [-0.2, 0) is 0 Å². The fourth-order valence-corrected chi connectivity index (χ4v) is 1.92. The Kier molecular flexibility index (Phi) is 3.57. The van der Waals surface area contributed by atoms with Gasteiger partial charge in [0.25, 0.3) is 0 Å². The minimum Gasteiger partial charge on any atom is -0.388 e. The van der Waals surface area contributed by atoms with Crippen molar-refractivity contribution < 1.29 is 9.90 Å². The zero-order chi connectivity index (χ0) is 13.2. The first-order valence-corrected chi connectivity index (χ1v) is 6.31. The van der Waals surface area contributed by atoms with E-state index in [0.717, 1.165) is 24.1 Å². The highest BCUT2D eigenvalue weighted by Crippen LogP contribution is 2.38. The standard InChI is InChI=1S/C14H20N2O2/c1-10-3-7-12(8-4-10)16-13(17)15-9-14(2,18)11-5-6-11/h3-4,7-8,11,18H,5-6,9H2,1-2H3,(H2,15,16,17). The largest absolute Gasteiger partial charge is 0.388 e. The minimum absolute atomic E-state index is 0.278. The van der Waals surface area contributed by atoms with Crippen LogP contribution in [0.1, 0.15) is 25.3 Å². The van der Waals surface area contributed by atoms with Gasteiger partial charge in [-0.15, -0.1) is 0 Å². The highest BCUT2D eigenvalue weighted by Gasteiger charge is 2.39. The molecule has 0 spiro atoms. The molecular formula is C14H20N2O2. The van der Waals surface area contributed by atoms with Crippen molar-refractivity contribution in [2.24, 2.45) is 5.92 Å². The molecule has 98 valence electrons. The van der Waals surface area contributed by atoms with Crippen molar-refractivity contribution in [3.63, 3.8) is 0 Å². The quantitative estimate of drug-likeness (QED) is 0.765. The average molecular weight is 248 g/mol. The van der Waals surface area contributed by atoms with Gasteiger partial charge >= 0.3 is 6.03 Å². The maximum absolute atomic E-state index is 11.7. The lowest BCUT2D eigenvalue weighted by Gasteiger charge is -2.23. The molecule has 1 saturated carbocycles. The summed E-state index contributed by atoms with van der Waals surface area (Å²) < 4.78 is 0. The van der Waals surface area contributed by atoms with Gasteiger partial charge in [0, 0.05) is 12.2 Å². The molecule has 0 aromatic heterocycles. The number of aryl methyl sites for hydroxylation is 1. The SMILES string of the molecule is Cc1ccc(NC(=O)NCC(C)(O)C2CC2)cc1. The zero-order valence-electron chi connectivity index (χ0n) is 10.9. The first-order valence-electron chi connectivity index (χ1n) is 6.31. The maximum atomic E-state index is 11.7. The molecule has 0 aliphatic heterocycles. The van der Waals surface area contributed by atoms with Crippen molar-refractivity contribution >= 4 is 11.7 Å². The molecule has 1 aliphatic carbocycles. The van der Waals surface area contributed by atoms with Crippen LogP contribution in [0.15, 0.2) is 24.3 Å². The zero-order valence-corrected chi connectivity index (χ0v) is 10.9. The van der Waals surface area contributed by atoms with E-state index in [-0.39, 0.29) is 12.6 Å². The molecule has 1 unspecified atom stereocenters. The summed E-state index contributed by atoms with van der Waals surface area (Å²) in [6.45, 7) is 4.06. The summed E-state index contributed by atoms with van der Waals surface area (Å²) in [7, 11) is 0. The molecular weight excluding hydrogens is 228 g/mol. The first kappa shape index (κ1) is 12.9. The molecule has 2 amide bonds. The van der Waals surface area contributed by atoms with E-state index < -0.39 is 5.60 Å². The van der Waals surface area contributed by atoms with Gasteiger partial charge in [-0.05, 0) is 44.7 Å². The Hall–Kier alpha value is -1.55. The number of urea groups is 1. The fourth-order valence-electron chi connectivity index (χ4n) is 1.92. The monoisotopic (exact) mass is 248 g/mol. The van der Waals surface area contributed by atoms with Gasteiger partial charge < -0.3 is 15.7 Å². The number of carbonyl (C=O) groups is 1. The van der Waals surface area contributed by atoms with Crippen molar-refractivity contribution in [1.29, 1.82) is 0 Å². The molecule has 2 rings (SSSR count). The number of carbonyl (C=O) groups excluding carboxylic acids is 1. The van der Waals surface area contributed by atoms with E-state index in [1.807, 2.05) is 31.2 Å². The number of hydrogen-bond acceptors (Lipinski definition) is 2. The number of anilines is 1. The van der Waals surface area contributed by atoms with E-state index in [4.69, 9.17) is 0 Å². The predicted molar refractivity (Wildman–Crippen MR) is 71.5 cm³/mol. The van der Waals surface area contributed by atoms with Gasteiger partial charge in [0.15, 0.2) is 0 Å². The van der Waals surface area contributed by atoms with Gasteiger partial charge in [-0.25, -0.2) is 4.79 Å². The van der Waals surface area contributed by atoms with E-state index in [1.54, 1.807) is 6.92 Å². The molecule has 4 heteroatoms. The summed E-state index contributed by atoms with van der Waals surface area (Å²) in [5, 5.41) is 15.5.